The molecule has 6 nitrogen and oxygen atoms in total. The minimum Gasteiger partial charge on any atom is -0.385 e. The van der Waals surface area contributed by atoms with Gasteiger partial charge in [0.2, 0.25) is 0 Å². The number of nitrogens with zero attached hydrogens (tertiary/aromatic N) is 4. The van der Waals surface area contributed by atoms with E-state index in [2.05, 4.69) is 255 Å². The zero-order valence-corrected chi connectivity index (χ0v) is 47.2. The molecule has 0 radical (unpaired) electrons. The molecule has 8 aromatic rings. The number of hydrogen-bond acceptors (Lipinski definition) is 6. The normalized spacial score (nSPS) is 15.3. The number of hydrogen-bond donors (Lipinski definition) is 2. The first kappa shape index (κ1) is 53.9. The van der Waals surface area contributed by atoms with Gasteiger partial charge in [-0.1, -0.05) is 109 Å². The van der Waals surface area contributed by atoms with Gasteiger partial charge in [0.15, 0.2) is 0 Å². The van der Waals surface area contributed by atoms with Crippen molar-refractivity contribution in [3.8, 4) is 0 Å². The van der Waals surface area contributed by atoms with E-state index in [1.54, 1.807) is 0 Å². The third-order valence-corrected chi connectivity index (χ3v) is 16.9. The molecule has 0 spiro atoms. The Kier molecular flexibility index (Phi) is 18.3. The van der Waals surface area contributed by atoms with Crippen molar-refractivity contribution < 1.29 is 0 Å². The third-order valence-electron chi connectivity index (χ3n) is 16.9. The Labute approximate surface area is 457 Å². The van der Waals surface area contributed by atoms with Gasteiger partial charge in [0, 0.05) is 122 Å². The molecule has 76 heavy (non-hydrogen) atoms. The van der Waals surface area contributed by atoms with E-state index in [0.29, 0.717) is 11.8 Å². The number of anilines is 6. The lowest BCUT2D eigenvalue weighted by molar-refractivity contribution is 0.278. The molecule has 0 aliphatic heterocycles. The highest BCUT2D eigenvalue weighted by atomic mass is 15.1. The molecule has 2 unspecified atom stereocenters. The first-order chi connectivity index (χ1) is 37.3. The van der Waals surface area contributed by atoms with Gasteiger partial charge in [0.25, 0.3) is 0 Å². The number of benzene rings is 8. The molecule has 396 valence electrons. The molecule has 1 fully saturated rings. The van der Waals surface area contributed by atoms with Gasteiger partial charge in [-0.15, -0.1) is 0 Å². The average Bonchev–Trinajstić information content (AvgIpc) is 3.47. The highest BCUT2D eigenvalue weighted by molar-refractivity contribution is 5.98. The maximum Gasteiger partial charge on any atom is 0.0419 e. The second kappa shape index (κ2) is 25.7. The fourth-order valence-corrected chi connectivity index (χ4v) is 12.7. The fourth-order valence-electron chi connectivity index (χ4n) is 12.7. The van der Waals surface area contributed by atoms with Gasteiger partial charge < -0.3 is 30.2 Å². The monoisotopic (exact) mass is 1010 g/mol. The highest BCUT2D eigenvalue weighted by Crippen LogP contribution is 2.42. The largest absolute Gasteiger partial charge is 0.385 e. The molecule has 0 amide bonds. The van der Waals surface area contributed by atoms with Crippen LogP contribution in [-0.2, 0) is 0 Å². The third kappa shape index (κ3) is 11.9. The van der Waals surface area contributed by atoms with Crippen molar-refractivity contribution in [3.05, 3.63) is 203 Å². The van der Waals surface area contributed by atoms with E-state index in [9.17, 15) is 0 Å². The predicted octanol–water partition coefficient (Wildman–Crippen LogP) is 17.1. The van der Waals surface area contributed by atoms with Gasteiger partial charge in [-0.25, -0.2) is 0 Å². The van der Waals surface area contributed by atoms with Crippen LogP contribution in [0.3, 0.4) is 0 Å². The van der Waals surface area contributed by atoms with Crippen LogP contribution in [0.5, 0.6) is 0 Å². The number of fused-ring (bicyclic) bond motifs is 2. The van der Waals surface area contributed by atoms with Crippen molar-refractivity contribution in [1.82, 2.24) is 0 Å². The van der Waals surface area contributed by atoms with Gasteiger partial charge in [-0.2, -0.15) is 0 Å². The lowest BCUT2D eigenvalue weighted by atomic mass is 9.81. The van der Waals surface area contributed by atoms with Gasteiger partial charge >= 0.3 is 0 Å². The summed E-state index contributed by atoms with van der Waals surface area (Å²) in [6, 6.07) is 65.1. The van der Waals surface area contributed by atoms with Crippen LogP contribution in [-0.4, -0.2) is 65.4 Å². The zero-order valence-electron chi connectivity index (χ0n) is 47.2. The Bertz CT molecular complexity index is 2850. The maximum absolute atomic E-state index is 3.62. The predicted molar refractivity (Wildman–Crippen MR) is 332 cm³/mol. The molecule has 0 heterocycles. The van der Waals surface area contributed by atoms with Crippen molar-refractivity contribution >= 4 is 55.7 Å². The SMILES string of the molecule is CCNc1ccc(C(c2ccc(N(CC)CC)cc2)c2ccc(N(CC)CC3CCC(CN(CC)c4ccc(C(c5ccc(N(CC)CC)cc5)c5ccc(NCC)c6ccccc56)cc4)CC3)cc2)c2ccccc12. The molecule has 0 bridgehead atoms. The van der Waals surface area contributed by atoms with Crippen molar-refractivity contribution in [2.45, 2.75) is 92.9 Å². The molecule has 6 heteroatoms. The molecule has 9 rings (SSSR count). The fraction of sp³-hybridized carbons (Fsp3) is 0.371. The van der Waals surface area contributed by atoms with E-state index in [-0.39, 0.29) is 11.8 Å². The van der Waals surface area contributed by atoms with E-state index >= 15 is 0 Å². The van der Waals surface area contributed by atoms with Crippen molar-refractivity contribution in [2.24, 2.45) is 11.8 Å². The van der Waals surface area contributed by atoms with E-state index in [1.807, 2.05) is 0 Å². The molecular weight excluding hydrogens is 925 g/mol. The maximum atomic E-state index is 3.62. The zero-order chi connectivity index (χ0) is 53.0. The van der Waals surface area contributed by atoms with Crippen LogP contribution < -0.4 is 30.2 Å². The molecule has 1 saturated carbocycles. The van der Waals surface area contributed by atoms with Gasteiger partial charge in [-0.05, 0) is 198 Å². The number of rotatable bonds is 24. The van der Waals surface area contributed by atoms with Crippen LogP contribution in [0.2, 0.25) is 0 Å². The minimum atomic E-state index is 0.107. The van der Waals surface area contributed by atoms with Crippen molar-refractivity contribution in [3.63, 3.8) is 0 Å². The second-order valence-electron chi connectivity index (χ2n) is 21.1. The first-order valence-corrected chi connectivity index (χ1v) is 29.2. The van der Waals surface area contributed by atoms with Gasteiger partial charge in [-0.3, -0.25) is 0 Å². The highest BCUT2D eigenvalue weighted by Gasteiger charge is 2.27. The van der Waals surface area contributed by atoms with Crippen LogP contribution in [0, 0.1) is 11.8 Å². The molecule has 1 aliphatic rings. The quantitative estimate of drug-likeness (QED) is 0.0588. The molecular formula is C70H86N6. The molecule has 8 aromatic carbocycles. The Balaban J connectivity index is 0.886. The molecule has 1 aliphatic carbocycles. The summed E-state index contributed by atoms with van der Waals surface area (Å²) in [7, 11) is 0. The summed E-state index contributed by atoms with van der Waals surface area (Å²) >= 11 is 0. The second-order valence-corrected chi connectivity index (χ2v) is 21.1. The van der Waals surface area contributed by atoms with E-state index in [0.717, 1.165) is 65.4 Å². The minimum absolute atomic E-state index is 0.107. The van der Waals surface area contributed by atoms with Gasteiger partial charge in [0.05, 0.1) is 0 Å². The molecule has 0 saturated heterocycles. The molecule has 2 N–H and O–H groups in total. The van der Waals surface area contributed by atoms with E-state index < -0.39 is 0 Å². The van der Waals surface area contributed by atoms with E-state index in [4.69, 9.17) is 0 Å². The summed E-state index contributed by atoms with van der Waals surface area (Å²) in [6.45, 7) is 28.0. The average molecular weight is 1010 g/mol. The summed E-state index contributed by atoms with van der Waals surface area (Å²) in [5.41, 5.74) is 15.6. The summed E-state index contributed by atoms with van der Waals surface area (Å²) in [5, 5.41) is 12.4. The first-order valence-electron chi connectivity index (χ1n) is 29.2. The van der Waals surface area contributed by atoms with Crippen LogP contribution in [0.1, 0.15) is 126 Å². The summed E-state index contributed by atoms with van der Waals surface area (Å²) in [5.74, 6) is 1.61. The lowest BCUT2D eigenvalue weighted by Gasteiger charge is -2.36. The van der Waals surface area contributed by atoms with E-state index in [1.165, 1.54) is 115 Å². The van der Waals surface area contributed by atoms with Crippen LogP contribution in [0.15, 0.2) is 170 Å². The smallest absolute Gasteiger partial charge is 0.0419 e. The summed E-state index contributed by atoms with van der Waals surface area (Å²) in [4.78, 5) is 10.1. The lowest BCUT2D eigenvalue weighted by Crippen LogP contribution is -2.35. The van der Waals surface area contributed by atoms with Crippen molar-refractivity contribution in [1.29, 1.82) is 0 Å². The topological polar surface area (TPSA) is 37.0 Å². The number of nitrogens with one attached hydrogen (secondary N) is 2. The molecule has 0 aromatic heterocycles. The Hall–Kier alpha value is -6.92. The summed E-state index contributed by atoms with van der Waals surface area (Å²) in [6.07, 6.45) is 5.14. The Morgan fingerprint density at radius 1 is 0.329 bits per heavy atom. The summed E-state index contributed by atoms with van der Waals surface area (Å²) < 4.78 is 0. The van der Waals surface area contributed by atoms with Crippen LogP contribution in [0.25, 0.3) is 21.5 Å². The molecule has 2 atom stereocenters. The van der Waals surface area contributed by atoms with Crippen LogP contribution >= 0.6 is 0 Å². The standard InChI is InChI=1S/C70H86N6/c1-9-71-67-47-45-65(61-21-17-19-23-63(61)67)69(53-29-37-57(38-30-53)73(11-3)12-4)55-33-41-59(42-34-55)75(15-7)49-51-25-27-52(28-26-51)50-76(16-8)60-43-35-56(36-44-60)70(54-31-39-58(40-32-54)74(13-5)14-6)66-46-48-68(72-10-2)64-24-20-18-22-62(64)66/h17-24,29-48,51-52,69-72H,9-16,25-28,49-50H2,1-8H3. The Morgan fingerprint density at radius 2 is 0.605 bits per heavy atom. The Morgan fingerprint density at radius 3 is 0.882 bits per heavy atom. The van der Waals surface area contributed by atoms with Gasteiger partial charge in [0.1, 0.15) is 0 Å². The van der Waals surface area contributed by atoms with Crippen molar-refractivity contribution in [2.75, 3.05) is 95.7 Å². The van der Waals surface area contributed by atoms with Crippen LogP contribution in [0.4, 0.5) is 34.1 Å².